The number of hydrogen-bond acceptors (Lipinski definition) is 4. The van der Waals surface area contributed by atoms with Crippen molar-refractivity contribution in [3.8, 4) is 0 Å². The Kier molecular flexibility index (Phi) is 4.32. The topological polar surface area (TPSA) is 42.7 Å². The molecule has 2 atom stereocenters. The predicted octanol–water partition coefficient (Wildman–Crippen LogP) is 4.77. The molecule has 0 saturated carbocycles. The van der Waals surface area contributed by atoms with Crippen LogP contribution in [0.1, 0.15) is 29.0 Å². The van der Waals surface area contributed by atoms with Gasteiger partial charge in [0, 0.05) is 5.69 Å². The van der Waals surface area contributed by atoms with Crippen LogP contribution in [-0.4, -0.2) is 13.1 Å². The summed E-state index contributed by atoms with van der Waals surface area (Å²) in [5, 5.41) is 0. The second-order valence-electron chi connectivity index (χ2n) is 6.12. The van der Waals surface area contributed by atoms with Gasteiger partial charge in [0.2, 0.25) is 0 Å². The van der Waals surface area contributed by atoms with Gasteiger partial charge in [0.05, 0.1) is 13.4 Å². The van der Waals surface area contributed by atoms with Gasteiger partial charge in [0.1, 0.15) is 11.8 Å². The van der Waals surface area contributed by atoms with Crippen LogP contribution in [0.4, 0.5) is 5.69 Å². The number of esters is 1. The average Bonchev–Trinajstić information content (AvgIpc) is 3.23. The van der Waals surface area contributed by atoms with Gasteiger partial charge in [-0.15, -0.1) is 0 Å². The molecule has 0 aliphatic carbocycles. The number of ether oxygens (including phenoxy) is 1. The SMILES string of the molecule is COC(=O)[C@H](c1ccccc1)N1c2ccccc2C=C[C@@H]1c1ccco1. The lowest BCUT2D eigenvalue weighted by Crippen LogP contribution is -2.38. The number of nitrogens with zero attached hydrogens (tertiary/aromatic N) is 1. The minimum Gasteiger partial charge on any atom is -0.467 e. The fraction of sp³-hybridized carbons (Fsp3) is 0.136. The summed E-state index contributed by atoms with van der Waals surface area (Å²) in [6.07, 6.45) is 5.77. The minimum absolute atomic E-state index is 0.204. The molecule has 0 amide bonds. The van der Waals surface area contributed by atoms with E-state index < -0.39 is 6.04 Å². The Morgan fingerprint density at radius 2 is 1.81 bits per heavy atom. The molecule has 2 aromatic carbocycles. The molecule has 0 saturated heterocycles. The highest BCUT2D eigenvalue weighted by molar-refractivity contribution is 5.85. The molecule has 0 spiro atoms. The molecule has 130 valence electrons. The molecule has 0 radical (unpaired) electrons. The van der Waals surface area contributed by atoms with Crippen molar-refractivity contribution in [2.45, 2.75) is 12.1 Å². The van der Waals surface area contributed by atoms with Gasteiger partial charge in [0.15, 0.2) is 6.04 Å². The van der Waals surface area contributed by atoms with Gasteiger partial charge in [-0.05, 0) is 29.3 Å². The first-order chi connectivity index (χ1) is 12.8. The first kappa shape index (κ1) is 16.2. The van der Waals surface area contributed by atoms with Gasteiger partial charge in [-0.25, -0.2) is 4.79 Å². The maximum absolute atomic E-state index is 12.8. The molecule has 0 unspecified atom stereocenters. The van der Waals surface area contributed by atoms with Crippen LogP contribution in [0.25, 0.3) is 6.08 Å². The van der Waals surface area contributed by atoms with Gasteiger partial charge in [-0.1, -0.05) is 60.7 Å². The Morgan fingerprint density at radius 3 is 2.54 bits per heavy atom. The highest BCUT2D eigenvalue weighted by Crippen LogP contribution is 2.42. The van der Waals surface area contributed by atoms with Crippen LogP contribution in [0.3, 0.4) is 0 Å². The summed E-state index contributed by atoms with van der Waals surface area (Å²) in [6, 6.07) is 20.7. The third-order valence-corrected chi connectivity index (χ3v) is 4.63. The molecule has 4 nitrogen and oxygen atoms in total. The number of hydrogen-bond donors (Lipinski definition) is 0. The molecule has 1 aliphatic rings. The summed E-state index contributed by atoms with van der Waals surface area (Å²) in [5.41, 5.74) is 2.90. The average molecular weight is 345 g/mol. The van der Waals surface area contributed by atoms with E-state index in [9.17, 15) is 4.79 Å². The lowest BCUT2D eigenvalue weighted by Gasteiger charge is -2.39. The number of carbonyl (C=O) groups is 1. The van der Waals surface area contributed by atoms with Crippen molar-refractivity contribution in [2.24, 2.45) is 0 Å². The highest BCUT2D eigenvalue weighted by Gasteiger charge is 2.37. The summed E-state index contributed by atoms with van der Waals surface area (Å²) >= 11 is 0. The fourth-order valence-corrected chi connectivity index (χ4v) is 3.45. The van der Waals surface area contributed by atoms with E-state index in [4.69, 9.17) is 9.15 Å². The molecule has 0 N–H and O–H groups in total. The van der Waals surface area contributed by atoms with E-state index >= 15 is 0 Å². The summed E-state index contributed by atoms with van der Waals surface area (Å²) in [4.78, 5) is 14.9. The monoisotopic (exact) mass is 345 g/mol. The van der Waals surface area contributed by atoms with Crippen LogP contribution >= 0.6 is 0 Å². The smallest absolute Gasteiger partial charge is 0.333 e. The lowest BCUT2D eigenvalue weighted by atomic mass is 9.95. The molecular weight excluding hydrogens is 326 g/mol. The largest absolute Gasteiger partial charge is 0.467 e. The van der Waals surface area contributed by atoms with Crippen LogP contribution in [0.15, 0.2) is 83.5 Å². The molecule has 4 heteroatoms. The van der Waals surface area contributed by atoms with Crippen molar-refractivity contribution < 1.29 is 13.9 Å². The molecule has 2 heterocycles. The van der Waals surface area contributed by atoms with Crippen LogP contribution in [-0.2, 0) is 9.53 Å². The molecule has 4 rings (SSSR count). The van der Waals surface area contributed by atoms with Crippen LogP contribution < -0.4 is 4.90 Å². The standard InChI is InChI=1S/C22H19NO3/c1-25-22(24)21(17-9-3-2-4-10-17)23-18-11-6-5-8-16(18)13-14-19(23)20-12-7-15-26-20/h2-15,19,21H,1H3/t19-,21+/m1/s1. The predicted molar refractivity (Wildman–Crippen MR) is 101 cm³/mol. The van der Waals surface area contributed by atoms with E-state index in [-0.39, 0.29) is 12.0 Å². The summed E-state index contributed by atoms with van der Waals surface area (Å²) in [5.74, 6) is 0.471. The van der Waals surface area contributed by atoms with E-state index in [0.29, 0.717) is 0 Å². The van der Waals surface area contributed by atoms with E-state index in [2.05, 4.69) is 17.1 Å². The van der Waals surface area contributed by atoms with Gasteiger partial charge >= 0.3 is 5.97 Å². The molecule has 0 bridgehead atoms. The van der Waals surface area contributed by atoms with Crippen molar-refractivity contribution in [1.82, 2.24) is 0 Å². The number of benzene rings is 2. The zero-order valence-electron chi connectivity index (χ0n) is 14.4. The van der Waals surface area contributed by atoms with Crippen LogP contribution in [0.5, 0.6) is 0 Å². The first-order valence-corrected chi connectivity index (χ1v) is 8.51. The van der Waals surface area contributed by atoms with E-state index in [0.717, 1.165) is 22.6 Å². The third kappa shape index (κ3) is 2.80. The lowest BCUT2D eigenvalue weighted by molar-refractivity contribution is -0.142. The van der Waals surface area contributed by atoms with Crippen molar-refractivity contribution >= 4 is 17.7 Å². The Balaban J connectivity index is 1.90. The zero-order valence-corrected chi connectivity index (χ0v) is 14.4. The van der Waals surface area contributed by atoms with Crippen LogP contribution in [0.2, 0.25) is 0 Å². The van der Waals surface area contributed by atoms with Gasteiger partial charge in [-0.3, -0.25) is 0 Å². The number of fused-ring (bicyclic) bond motifs is 1. The Labute approximate surface area is 152 Å². The summed E-state index contributed by atoms with van der Waals surface area (Å²) in [7, 11) is 1.42. The number of carbonyl (C=O) groups excluding carboxylic acids is 1. The Bertz CT molecular complexity index is 916. The van der Waals surface area contributed by atoms with Gasteiger partial charge in [-0.2, -0.15) is 0 Å². The molecule has 3 aromatic rings. The number of para-hydroxylation sites is 1. The summed E-state index contributed by atoms with van der Waals surface area (Å²) in [6.45, 7) is 0. The van der Waals surface area contributed by atoms with Gasteiger partial charge < -0.3 is 14.1 Å². The second-order valence-corrected chi connectivity index (χ2v) is 6.12. The second kappa shape index (κ2) is 6.92. The van der Waals surface area contributed by atoms with Crippen LogP contribution in [0, 0.1) is 0 Å². The maximum Gasteiger partial charge on any atom is 0.333 e. The molecule has 26 heavy (non-hydrogen) atoms. The molecular formula is C22H19NO3. The van der Waals surface area contributed by atoms with E-state index in [1.165, 1.54) is 7.11 Å². The first-order valence-electron chi connectivity index (χ1n) is 8.51. The zero-order chi connectivity index (χ0) is 17.9. The van der Waals surface area contributed by atoms with Crippen molar-refractivity contribution in [3.05, 3.63) is 96.0 Å². The number of methoxy groups -OCH3 is 1. The fourth-order valence-electron chi connectivity index (χ4n) is 3.45. The van der Waals surface area contributed by atoms with Gasteiger partial charge in [0.25, 0.3) is 0 Å². The van der Waals surface area contributed by atoms with Crippen molar-refractivity contribution in [1.29, 1.82) is 0 Å². The Morgan fingerprint density at radius 1 is 1.04 bits per heavy atom. The summed E-state index contributed by atoms with van der Waals surface area (Å²) < 4.78 is 10.8. The quantitative estimate of drug-likeness (QED) is 0.639. The van der Waals surface area contributed by atoms with E-state index in [1.807, 2.05) is 66.7 Å². The molecule has 1 aromatic heterocycles. The molecule has 1 aliphatic heterocycles. The maximum atomic E-state index is 12.8. The Hall–Kier alpha value is -3.27. The number of rotatable bonds is 4. The number of anilines is 1. The van der Waals surface area contributed by atoms with E-state index in [1.54, 1.807) is 6.26 Å². The normalized spacial score (nSPS) is 16.8. The number of furan rings is 1. The van der Waals surface area contributed by atoms with Crippen molar-refractivity contribution in [2.75, 3.05) is 12.0 Å². The van der Waals surface area contributed by atoms with Crippen molar-refractivity contribution in [3.63, 3.8) is 0 Å². The molecule has 0 fully saturated rings. The minimum atomic E-state index is -0.581. The highest BCUT2D eigenvalue weighted by atomic mass is 16.5. The third-order valence-electron chi connectivity index (χ3n) is 4.63.